The van der Waals surface area contributed by atoms with Gasteiger partial charge in [0.2, 0.25) is 5.78 Å². The number of halogens is 2. The first-order valence-electron chi connectivity index (χ1n) is 12.4. The highest BCUT2D eigenvalue weighted by Gasteiger charge is 2.43. The Labute approximate surface area is 219 Å². The first-order chi connectivity index (χ1) is 17.7. The first kappa shape index (κ1) is 26.6. The summed E-state index contributed by atoms with van der Waals surface area (Å²) in [5.74, 6) is -1.90. The Bertz CT molecular complexity index is 1290. The van der Waals surface area contributed by atoms with Crippen molar-refractivity contribution in [2.24, 2.45) is 5.41 Å². The molecule has 1 saturated carbocycles. The van der Waals surface area contributed by atoms with Crippen molar-refractivity contribution in [2.75, 3.05) is 11.9 Å². The van der Waals surface area contributed by atoms with E-state index in [1.165, 1.54) is 12.1 Å². The highest BCUT2D eigenvalue weighted by atomic mass is 35.5. The van der Waals surface area contributed by atoms with Crippen LogP contribution < -0.4 is 5.32 Å². The molecule has 1 aliphatic rings. The second kappa shape index (κ2) is 11.3. The number of Topliss-reactive ketones (excluding diaryl/α,β-unsaturated/α-hetero) is 1. The number of benzene rings is 2. The van der Waals surface area contributed by atoms with E-state index in [9.17, 15) is 23.9 Å². The molecule has 1 aliphatic carbocycles. The summed E-state index contributed by atoms with van der Waals surface area (Å²) in [6.07, 6.45) is 3.41. The first-order valence-corrected chi connectivity index (χ1v) is 12.8. The van der Waals surface area contributed by atoms with Crippen LogP contribution >= 0.6 is 11.6 Å². The van der Waals surface area contributed by atoms with Crippen LogP contribution in [-0.4, -0.2) is 50.6 Å². The molecule has 1 aromatic heterocycles. The zero-order valence-electron chi connectivity index (χ0n) is 20.6. The fraction of sp³-hybridized carbons (Fsp3) is 0.407. The third-order valence-corrected chi connectivity index (χ3v) is 7.38. The number of amides is 2. The smallest absolute Gasteiger partial charge is 0.407 e. The van der Waals surface area contributed by atoms with E-state index in [4.69, 9.17) is 11.6 Å². The Kier molecular flexibility index (Phi) is 8.12. The van der Waals surface area contributed by atoms with Crippen LogP contribution in [0.4, 0.5) is 15.0 Å². The molecule has 0 bridgehead atoms. The number of fused-ring (bicyclic) bond motifs is 1. The normalized spacial score (nSPS) is 15.1. The van der Waals surface area contributed by atoms with Gasteiger partial charge in [-0.3, -0.25) is 19.6 Å². The summed E-state index contributed by atoms with van der Waals surface area (Å²) in [4.78, 5) is 40.0. The molecule has 8 nitrogen and oxygen atoms in total. The highest BCUT2D eigenvalue weighted by molar-refractivity contribution is 6.43. The summed E-state index contributed by atoms with van der Waals surface area (Å²) >= 11 is 6.00. The van der Waals surface area contributed by atoms with Gasteiger partial charge in [0.1, 0.15) is 11.9 Å². The van der Waals surface area contributed by atoms with Gasteiger partial charge in [0.05, 0.1) is 5.52 Å². The van der Waals surface area contributed by atoms with E-state index < -0.39 is 23.8 Å². The maximum Gasteiger partial charge on any atom is 0.407 e. The Hall–Kier alpha value is -3.46. The number of unbranched alkanes of at least 4 members (excludes halogenated alkanes) is 1. The summed E-state index contributed by atoms with van der Waals surface area (Å²) in [5, 5.41) is 20.6. The quantitative estimate of drug-likeness (QED) is 0.271. The molecule has 1 fully saturated rings. The SMILES string of the molecule is CCCC[C@@H](C(=O)C(=O)Nc1n[nH]c2cc(Cl)ccc12)N(CC1(Cc2ccc(F)cc2)CCC1)C(=O)O. The number of carbonyl (C=O) groups excluding carboxylic acids is 2. The number of H-pyrrole nitrogens is 1. The molecule has 0 aliphatic heterocycles. The van der Waals surface area contributed by atoms with Crippen LogP contribution in [-0.2, 0) is 16.0 Å². The Morgan fingerprint density at radius 3 is 2.57 bits per heavy atom. The monoisotopic (exact) mass is 528 g/mol. The summed E-state index contributed by atoms with van der Waals surface area (Å²) in [6, 6.07) is 10.0. The van der Waals surface area contributed by atoms with Crippen LogP contribution in [0, 0.1) is 11.2 Å². The minimum Gasteiger partial charge on any atom is -0.465 e. The molecule has 10 heteroatoms. The van der Waals surface area contributed by atoms with Crippen LogP contribution in [0.15, 0.2) is 42.5 Å². The van der Waals surface area contributed by atoms with Crippen molar-refractivity contribution in [3.8, 4) is 0 Å². The van der Waals surface area contributed by atoms with Crippen LogP contribution in [0.2, 0.25) is 5.02 Å². The molecule has 0 spiro atoms. The molecule has 1 atom stereocenters. The molecular weight excluding hydrogens is 499 g/mol. The average Bonchev–Trinajstić information content (AvgIpc) is 3.24. The van der Waals surface area contributed by atoms with Crippen molar-refractivity contribution in [3.63, 3.8) is 0 Å². The summed E-state index contributed by atoms with van der Waals surface area (Å²) in [5.41, 5.74) is 1.14. The Balaban J connectivity index is 1.54. The zero-order valence-corrected chi connectivity index (χ0v) is 21.4. The number of aromatic amines is 1. The van der Waals surface area contributed by atoms with Gasteiger partial charge in [-0.05, 0) is 67.0 Å². The highest BCUT2D eigenvalue weighted by Crippen LogP contribution is 2.45. The minimum absolute atomic E-state index is 0.122. The molecular formula is C27H30ClFN4O4. The van der Waals surface area contributed by atoms with Crippen LogP contribution in [0.3, 0.4) is 0 Å². The lowest BCUT2D eigenvalue weighted by Gasteiger charge is -2.46. The van der Waals surface area contributed by atoms with Crippen molar-refractivity contribution < 1.29 is 23.9 Å². The van der Waals surface area contributed by atoms with Crippen LogP contribution in [0.25, 0.3) is 10.9 Å². The van der Waals surface area contributed by atoms with E-state index >= 15 is 0 Å². The molecule has 37 heavy (non-hydrogen) atoms. The van der Waals surface area contributed by atoms with Crippen molar-refractivity contribution in [3.05, 3.63) is 58.9 Å². The number of carbonyl (C=O) groups is 3. The standard InChI is InChI=1S/C27H30ClFN4O4/c1-2-3-5-22(23(34)25(35)30-24-20-11-8-18(28)14-21(20)31-32-24)33(26(36)37)16-27(12-4-13-27)15-17-6-9-19(29)10-7-17/h6-11,14,22H,2-5,12-13,15-16H2,1H3,(H,36,37)(H2,30,31,32,35)/t22-/m0/s1. The Morgan fingerprint density at radius 2 is 1.95 bits per heavy atom. The number of anilines is 1. The number of hydrogen-bond acceptors (Lipinski definition) is 4. The average molecular weight is 529 g/mol. The van der Waals surface area contributed by atoms with Gasteiger partial charge in [-0.25, -0.2) is 9.18 Å². The predicted molar refractivity (Wildman–Crippen MR) is 139 cm³/mol. The third kappa shape index (κ3) is 6.10. The maximum atomic E-state index is 13.4. The summed E-state index contributed by atoms with van der Waals surface area (Å²) in [6.45, 7) is 2.06. The number of carboxylic acid groups (broad SMARTS) is 1. The minimum atomic E-state index is -1.24. The van der Waals surface area contributed by atoms with E-state index in [2.05, 4.69) is 15.5 Å². The largest absolute Gasteiger partial charge is 0.465 e. The number of nitrogens with zero attached hydrogens (tertiary/aromatic N) is 2. The number of ketones is 1. The molecule has 2 amide bonds. The fourth-order valence-electron chi connectivity index (χ4n) is 5.01. The van der Waals surface area contributed by atoms with E-state index in [0.29, 0.717) is 28.8 Å². The number of rotatable bonds is 11. The molecule has 3 aromatic rings. The van der Waals surface area contributed by atoms with Crippen molar-refractivity contribution in [1.29, 1.82) is 0 Å². The van der Waals surface area contributed by atoms with Crippen LogP contribution in [0.1, 0.15) is 51.0 Å². The number of aromatic nitrogens is 2. The van der Waals surface area contributed by atoms with Crippen molar-refractivity contribution >= 4 is 46.1 Å². The van der Waals surface area contributed by atoms with Gasteiger partial charge in [-0.1, -0.05) is 49.9 Å². The molecule has 2 aromatic carbocycles. The van der Waals surface area contributed by atoms with E-state index in [1.54, 1.807) is 30.3 Å². The van der Waals surface area contributed by atoms with Crippen LogP contribution in [0.5, 0.6) is 0 Å². The van der Waals surface area contributed by atoms with Gasteiger partial charge >= 0.3 is 6.09 Å². The van der Waals surface area contributed by atoms with Gasteiger partial charge in [0, 0.05) is 17.0 Å². The van der Waals surface area contributed by atoms with Gasteiger partial charge in [0.15, 0.2) is 5.82 Å². The Morgan fingerprint density at radius 1 is 1.22 bits per heavy atom. The molecule has 3 N–H and O–H groups in total. The van der Waals surface area contributed by atoms with E-state index in [0.717, 1.165) is 36.1 Å². The van der Waals surface area contributed by atoms with Crippen molar-refractivity contribution in [1.82, 2.24) is 15.1 Å². The van der Waals surface area contributed by atoms with Gasteiger partial charge < -0.3 is 10.4 Å². The van der Waals surface area contributed by atoms with Gasteiger partial charge in [-0.15, -0.1) is 0 Å². The zero-order chi connectivity index (χ0) is 26.6. The maximum absolute atomic E-state index is 13.4. The lowest BCUT2D eigenvalue weighted by atomic mass is 9.65. The second-order valence-electron chi connectivity index (χ2n) is 9.81. The molecule has 0 unspecified atom stereocenters. The summed E-state index contributed by atoms with van der Waals surface area (Å²) < 4.78 is 13.4. The second-order valence-corrected chi connectivity index (χ2v) is 10.2. The number of nitrogens with one attached hydrogen (secondary N) is 2. The summed E-state index contributed by atoms with van der Waals surface area (Å²) in [7, 11) is 0. The van der Waals surface area contributed by atoms with Gasteiger partial charge in [0.25, 0.3) is 5.91 Å². The molecule has 1 heterocycles. The molecule has 0 radical (unpaired) electrons. The lowest BCUT2D eigenvalue weighted by Crippen LogP contribution is -2.54. The van der Waals surface area contributed by atoms with Crippen molar-refractivity contribution in [2.45, 2.75) is 57.9 Å². The topological polar surface area (TPSA) is 115 Å². The fourth-order valence-corrected chi connectivity index (χ4v) is 5.18. The predicted octanol–water partition coefficient (Wildman–Crippen LogP) is 5.81. The van der Waals surface area contributed by atoms with E-state index in [1.807, 2.05) is 6.92 Å². The molecule has 0 saturated heterocycles. The molecule has 4 rings (SSSR count). The third-order valence-electron chi connectivity index (χ3n) is 7.15. The van der Waals surface area contributed by atoms with Gasteiger partial charge in [-0.2, -0.15) is 5.10 Å². The van der Waals surface area contributed by atoms with E-state index in [-0.39, 0.29) is 30.0 Å². The number of hydrogen-bond donors (Lipinski definition) is 3. The molecule has 196 valence electrons. The lowest BCUT2D eigenvalue weighted by molar-refractivity contribution is -0.138.